The van der Waals surface area contributed by atoms with Crippen LogP contribution in [0.5, 0.6) is 17.2 Å². The Morgan fingerprint density at radius 2 is 1.67 bits per heavy atom. The number of nitrogens with zero attached hydrogens (tertiary/aromatic N) is 2. The number of anilines is 1. The molecule has 0 bridgehead atoms. The molecule has 1 aromatic carbocycles. The van der Waals surface area contributed by atoms with E-state index in [1.165, 1.54) is 21.3 Å². The Labute approximate surface area is 103 Å². The van der Waals surface area contributed by atoms with E-state index in [1.54, 1.807) is 12.1 Å². The van der Waals surface area contributed by atoms with Crippen molar-refractivity contribution in [2.75, 3.05) is 27.1 Å². The average molecular weight is 251 g/mol. The van der Waals surface area contributed by atoms with E-state index in [2.05, 4.69) is 10.1 Å². The standard InChI is InChI=1S/C11H13N3O4/c1-15-7-4-6(10-13-11(12)14-18-10)5-8(16-2)9(7)17-3/h4-5H,1-3H3,(H2,12,14). The van der Waals surface area contributed by atoms with Crippen LogP contribution in [0.15, 0.2) is 16.7 Å². The zero-order valence-electron chi connectivity index (χ0n) is 10.3. The lowest BCUT2D eigenvalue weighted by Crippen LogP contribution is -1.95. The monoisotopic (exact) mass is 251 g/mol. The number of ether oxygens (including phenoxy) is 3. The van der Waals surface area contributed by atoms with Gasteiger partial charge in [-0.2, -0.15) is 4.98 Å². The van der Waals surface area contributed by atoms with Gasteiger partial charge in [-0.15, -0.1) is 0 Å². The SMILES string of the molecule is COc1cc(-c2nc(N)no2)cc(OC)c1OC. The maximum Gasteiger partial charge on any atom is 0.261 e. The molecule has 2 N–H and O–H groups in total. The van der Waals surface area contributed by atoms with Crippen LogP contribution in [0.3, 0.4) is 0 Å². The molecule has 0 saturated heterocycles. The Bertz CT molecular complexity index is 528. The molecule has 0 aliphatic carbocycles. The number of hydrogen-bond donors (Lipinski definition) is 1. The summed E-state index contributed by atoms with van der Waals surface area (Å²) in [6.45, 7) is 0. The molecule has 0 saturated carbocycles. The van der Waals surface area contributed by atoms with Crippen LogP contribution in [0.1, 0.15) is 0 Å². The largest absolute Gasteiger partial charge is 0.493 e. The molecular weight excluding hydrogens is 238 g/mol. The quantitative estimate of drug-likeness (QED) is 0.876. The second-order valence-corrected chi connectivity index (χ2v) is 3.37. The molecule has 2 rings (SSSR count). The minimum Gasteiger partial charge on any atom is -0.493 e. The van der Waals surface area contributed by atoms with Gasteiger partial charge in [0.1, 0.15) is 0 Å². The first kappa shape index (κ1) is 12.0. The predicted octanol–water partition coefficient (Wildman–Crippen LogP) is 1.34. The average Bonchev–Trinajstić information content (AvgIpc) is 2.83. The van der Waals surface area contributed by atoms with Gasteiger partial charge in [-0.25, -0.2) is 0 Å². The van der Waals surface area contributed by atoms with Gasteiger partial charge in [-0.3, -0.25) is 0 Å². The van der Waals surface area contributed by atoms with E-state index in [9.17, 15) is 0 Å². The molecule has 0 atom stereocenters. The summed E-state index contributed by atoms with van der Waals surface area (Å²) in [7, 11) is 4.59. The molecule has 0 aliphatic heterocycles. The summed E-state index contributed by atoms with van der Waals surface area (Å²) in [5.41, 5.74) is 6.04. The summed E-state index contributed by atoms with van der Waals surface area (Å²) in [5.74, 6) is 1.86. The summed E-state index contributed by atoms with van der Waals surface area (Å²) < 4.78 is 20.6. The summed E-state index contributed by atoms with van der Waals surface area (Å²) >= 11 is 0. The first-order valence-corrected chi connectivity index (χ1v) is 5.09. The van der Waals surface area contributed by atoms with Gasteiger partial charge in [0.2, 0.25) is 5.75 Å². The minimum atomic E-state index is 0.0683. The Kier molecular flexibility index (Phi) is 3.22. The van der Waals surface area contributed by atoms with E-state index in [-0.39, 0.29) is 11.8 Å². The van der Waals surface area contributed by atoms with Crippen LogP contribution in [-0.2, 0) is 0 Å². The summed E-state index contributed by atoms with van der Waals surface area (Å²) in [5, 5.41) is 3.53. The van der Waals surface area contributed by atoms with Crippen LogP contribution >= 0.6 is 0 Å². The van der Waals surface area contributed by atoms with E-state index in [1.807, 2.05) is 0 Å². The fourth-order valence-electron chi connectivity index (χ4n) is 1.56. The van der Waals surface area contributed by atoms with Gasteiger partial charge >= 0.3 is 0 Å². The molecule has 7 nitrogen and oxygen atoms in total. The number of aromatic nitrogens is 2. The van der Waals surface area contributed by atoms with Crippen LogP contribution in [0.4, 0.5) is 5.95 Å². The highest BCUT2D eigenvalue weighted by molar-refractivity contribution is 5.66. The molecule has 18 heavy (non-hydrogen) atoms. The lowest BCUT2D eigenvalue weighted by Gasteiger charge is -2.12. The lowest BCUT2D eigenvalue weighted by atomic mass is 10.2. The fourth-order valence-corrected chi connectivity index (χ4v) is 1.56. The number of nitrogens with two attached hydrogens (primary N) is 1. The molecule has 0 radical (unpaired) electrons. The molecule has 0 aliphatic rings. The van der Waals surface area contributed by atoms with Crippen LogP contribution < -0.4 is 19.9 Å². The maximum absolute atomic E-state index is 5.41. The normalized spacial score (nSPS) is 10.2. The van der Waals surface area contributed by atoms with Gasteiger partial charge in [0, 0.05) is 5.56 Å². The van der Waals surface area contributed by atoms with Gasteiger partial charge in [0.05, 0.1) is 21.3 Å². The highest BCUT2D eigenvalue weighted by atomic mass is 16.5. The second kappa shape index (κ2) is 4.82. The molecular formula is C11H13N3O4. The van der Waals surface area contributed by atoms with E-state index >= 15 is 0 Å². The molecule has 2 aromatic rings. The molecule has 0 unspecified atom stereocenters. The molecule has 0 spiro atoms. The Morgan fingerprint density at radius 3 is 2.06 bits per heavy atom. The second-order valence-electron chi connectivity index (χ2n) is 3.37. The Morgan fingerprint density at radius 1 is 1.06 bits per heavy atom. The fraction of sp³-hybridized carbons (Fsp3) is 0.273. The number of hydrogen-bond acceptors (Lipinski definition) is 7. The van der Waals surface area contributed by atoms with Crippen LogP contribution in [0.25, 0.3) is 11.5 Å². The van der Waals surface area contributed by atoms with Crippen LogP contribution in [0.2, 0.25) is 0 Å². The topological polar surface area (TPSA) is 92.6 Å². The highest BCUT2D eigenvalue weighted by Crippen LogP contribution is 2.40. The molecule has 1 heterocycles. The van der Waals surface area contributed by atoms with Crippen molar-refractivity contribution in [2.24, 2.45) is 0 Å². The van der Waals surface area contributed by atoms with Crippen molar-refractivity contribution in [3.63, 3.8) is 0 Å². The van der Waals surface area contributed by atoms with Gasteiger partial charge in [0.15, 0.2) is 11.5 Å². The predicted molar refractivity (Wildman–Crippen MR) is 63.8 cm³/mol. The van der Waals surface area contributed by atoms with Crippen molar-refractivity contribution in [3.05, 3.63) is 12.1 Å². The summed E-state index contributed by atoms with van der Waals surface area (Å²) in [6.07, 6.45) is 0. The zero-order valence-corrected chi connectivity index (χ0v) is 10.3. The van der Waals surface area contributed by atoms with Crippen LogP contribution in [-0.4, -0.2) is 31.5 Å². The lowest BCUT2D eigenvalue weighted by molar-refractivity contribution is 0.324. The summed E-state index contributed by atoms with van der Waals surface area (Å²) in [4.78, 5) is 3.94. The first-order valence-electron chi connectivity index (χ1n) is 5.09. The third kappa shape index (κ3) is 2.02. The van der Waals surface area contributed by atoms with Crippen molar-refractivity contribution in [1.29, 1.82) is 0 Å². The van der Waals surface area contributed by atoms with E-state index in [0.29, 0.717) is 22.8 Å². The first-order chi connectivity index (χ1) is 8.69. The van der Waals surface area contributed by atoms with Crippen molar-refractivity contribution < 1.29 is 18.7 Å². The third-order valence-electron chi connectivity index (χ3n) is 2.35. The van der Waals surface area contributed by atoms with Gasteiger partial charge in [0.25, 0.3) is 11.8 Å². The molecule has 1 aromatic heterocycles. The van der Waals surface area contributed by atoms with Crippen molar-refractivity contribution in [2.45, 2.75) is 0 Å². The number of nitrogen functional groups attached to an aromatic ring is 1. The van der Waals surface area contributed by atoms with Crippen molar-refractivity contribution in [3.8, 4) is 28.7 Å². The van der Waals surface area contributed by atoms with E-state index < -0.39 is 0 Å². The molecule has 0 fully saturated rings. The van der Waals surface area contributed by atoms with Gasteiger partial charge in [-0.1, -0.05) is 0 Å². The Hall–Kier alpha value is -2.44. The Balaban J connectivity index is 2.56. The van der Waals surface area contributed by atoms with E-state index in [0.717, 1.165) is 0 Å². The molecule has 0 amide bonds. The smallest absolute Gasteiger partial charge is 0.261 e. The summed E-state index contributed by atoms with van der Waals surface area (Å²) in [6, 6.07) is 3.41. The van der Waals surface area contributed by atoms with Crippen molar-refractivity contribution in [1.82, 2.24) is 10.1 Å². The molecule has 7 heteroatoms. The van der Waals surface area contributed by atoms with Gasteiger partial charge in [-0.05, 0) is 17.3 Å². The van der Waals surface area contributed by atoms with Gasteiger partial charge < -0.3 is 24.5 Å². The van der Waals surface area contributed by atoms with E-state index in [4.69, 9.17) is 24.5 Å². The number of benzene rings is 1. The number of methoxy groups -OCH3 is 3. The number of rotatable bonds is 4. The minimum absolute atomic E-state index is 0.0683. The third-order valence-corrected chi connectivity index (χ3v) is 2.35. The zero-order chi connectivity index (χ0) is 13.1. The van der Waals surface area contributed by atoms with Crippen molar-refractivity contribution >= 4 is 5.95 Å². The van der Waals surface area contributed by atoms with Crippen LogP contribution in [0, 0.1) is 0 Å². The maximum atomic E-state index is 5.41. The molecule has 96 valence electrons. The highest BCUT2D eigenvalue weighted by Gasteiger charge is 2.16.